The molecule has 0 atom stereocenters. The van der Waals surface area contributed by atoms with E-state index in [1.807, 2.05) is 0 Å². The second-order valence-corrected chi connectivity index (χ2v) is 7.13. The van der Waals surface area contributed by atoms with Crippen molar-refractivity contribution in [2.75, 3.05) is 11.9 Å². The molecule has 2 amide bonds. The highest BCUT2D eigenvalue weighted by Crippen LogP contribution is 2.30. The number of nitrogens with one attached hydrogen (secondary N) is 2. The van der Waals surface area contributed by atoms with E-state index in [0.717, 1.165) is 22.9 Å². The van der Waals surface area contributed by atoms with Crippen LogP contribution in [-0.4, -0.2) is 28.1 Å². The topological polar surface area (TPSA) is 93.1 Å². The maximum absolute atomic E-state index is 13.0. The zero-order chi connectivity index (χ0) is 23.5. The van der Waals surface area contributed by atoms with E-state index in [-0.39, 0.29) is 11.4 Å². The highest BCUT2D eigenvalue weighted by Gasteiger charge is 2.30. The number of hydrogen-bond donors (Lipinski definition) is 2. The SMILES string of the molecule is Cc1cc(=O)c(C(=O)NCC(=O)Nc2ccc(Cl)cc2)nn1-c1cccc(C(F)(F)F)c1. The van der Waals surface area contributed by atoms with Gasteiger partial charge in [0.05, 0.1) is 17.8 Å². The van der Waals surface area contributed by atoms with Crippen LogP contribution in [0.25, 0.3) is 5.69 Å². The van der Waals surface area contributed by atoms with Crippen molar-refractivity contribution in [1.82, 2.24) is 15.1 Å². The summed E-state index contributed by atoms with van der Waals surface area (Å²) in [6.45, 7) is 1.01. The van der Waals surface area contributed by atoms with Gasteiger partial charge in [0, 0.05) is 22.5 Å². The summed E-state index contributed by atoms with van der Waals surface area (Å²) in [6, 6.07) is 11.7. The first kappa shape index (κ1) is 23.0. The Morgan fingerprint density at radius 1 is 1.09 bits per heavy atom. The van der Waals surface area contributed by atoms with Gasteiger partial charge in [-0.05, 0) is 49.4 Å². The Bertz CT molecular complexity index is 1220. The van der Waals surface area contributed by atoms with Crippen molar-refractivity contribution in [1.29, 1.82) is 0 Å². The van der Waals surface area contributed by atoms with Crippen molar-refractivity contribution < 1.29 is 22.8 Å². The van der Waals surface area contributed by atoms with Gasteiger partial charge in [0.15, 0.2) is 5.69 Å². The van der Waals surface area contributed by atoms with Gasteiger partial charge in [0.1, 0.15) is 0 Å². The van der Waals surface area contributed by atoms with Crippen LogP contribution in [0.3, 0.4) is 0 Å². The molecule has 0 unspecified atom stereocenters. The number of carbonyl (C=O) groups is 2. The standard InChI is InChI=1S/C21H16ClF3N4O3/c1-12-9-17(30)19(28-29(12)16-4-2-3-13(10-16)21(23,24)25)20(32)26-11-18(31)27-15-7-5-14(22)6-8-15/h2-10H,11H2,1H3,(H,26,32)(H,27,31). The molecule has 3 rings (SSSR count). The van der Waals surface area contributed by atoms with E-state index in [1.165, 1.54) is 19.1 Å². The van der Waals surface area contributed by atoms with Crippen LogP contribution in [0.1, 0.15) is 21.7 Å². The Kier molecular flexibility index (Phi) is 6.64. The Morgan fingerprint density at radius 2 is 1.78 bits per heavy atom. The molecule has 166 valence electrons. The summed E-state index contributed by atoms with van der Waals surface area (Å²) < 4.78 is 40.1. The number of anilines is 1. The number of aromatic nitrogens is 2. The van der Waals surface area contributed by atoms with E-state index in [4.69, 9.17) is 11.6 Å². The molecule has 3 aromatic rings. The third kappa shape index (κ3) is 5.52. The number of alkyl halides is 3. The molecular formula is C21H16ClF3N4O3. The molecule has 0 bridgehead atoms. The molecule has 0 aliphatic heterocycles. The molecule has 0 radical (unpaired) electrons. The first-order valence-corrected chi connectivity index (χ1v) is 9.54. The van der Waals surface area contributed by atoms with Gasteiger partial charge in [-0.15, -0.1) is 0 Å². The van der Waals surface area contributed by atoms with Gasteiger partial charge in [0.2, 0.25) is 11.3 Å². The monoisotopic (exact) mass is 464 g/mol. The molecule has 0 saturated carbocycles. The average molecular weight is 465 g/mol. The lowest BCUT2D eigenvalue weighted by atomic mass is 10.2. The third-order valence-electron chi connectivity index (χ3n) is 4.28. The quantitative estimate of drug-likeness (QED) is 0.603. The van der Waals surface area contributed by atoms with Crippen molar-refractivity contribution in [2.24, 2.45) is 0 Å². The van der Waals surface area contributed by atoms with Gasteiger partial charge in [-0.2, -0.15) is 18.3 Å². The summed E-state index contributed by atoms with van der Waals surface area (Å²) in [6.07, 6.45) is -4.57. The molecule has 1 aromatic heterocycles. The van der Waals surface area contributed by atoms with Crippen molar-refractivity contribution in [3.63, 3.8) is 0 Å². The normalized spacial score (nSPS) is 11.2. The minimum absolute atomic E-state index is 0.0202. The molecule has 11 heteroatoms. The van der Waals surface area contributed by atoms with Gasteiger partial charge in [-0.1, -0.05) is 17.7 Å². The fourth-order valence-corrected chi connectivity index (χ4v) is 2.89. The van der Waals surface area contributed by atoms with E-state index in [9.17, 15) is 27.6 Å². The number of halogens is 4. The van der Waals surface area contributed by atoms with Crippen LogP contribution in [0, 0.1) is 6.92 Å². The van der Waals surface area contributed by atoms with E-state index >= 15 is 0 Å². The zero-order valence-corrected chi connectivity index (χ0v) is 17.3. The molecule has 2 N–H and O–H groups in total. The van der Waals surface area contributed by atoms with E-state index in [0.29, 0.717) is 10.7 Å². The van der Waals surface area contributed by atoms with Crippen LogP contribution in [0.2, 0.25) is 5.02 Å². The lowest BCUT2D eigenvalue weighted by molar-refractivity contribution is -0.137. The van der Waals surface area contributed by atoms with Crippen LogP contribution in [-0.2, 0) is 11.0 Å². The summed E-state index contributed by atoms with van der Waals surface area (Å²) >= 11 is 5.77. The Hall–Kier alpha value is -3.66. The first-order chi connectivity index (χ1) is 15.0. The Labute approximate surface area is 184 Å². The van der Waals surface area contributed by atoms with Crippen LogP contribution < -0.4 is 16.1 Å². The van der Waals surface area contributed by atoms with E-state index in [1.54, 1.807) is 24.3 Å². The fraction of sp³-hybridized carbons (Fsp3) is 0.143. The second kappa shape index (κ2) is 9.23. The summed E-state index contributed by atoms with van der Waals surface area (Å²) in [5.74, 6) is -1.51. The fourth-order valence-electron chi connectivity index (χ4n) is 2.76. The second-order valence-electron chi connectivity index (χ2n) is 6.70. The number of carbonyl (C=O) groups excluding carboxylic acids is 2. The van der Waals surface area contributed by atoms with Crippen LogP contribution in [0.15, 0.2) is 59.4 Å². The number of aryl methyl sites for hydroxylation is 1. The molecule has 32 heavy (non-hydrogen) atoms. The lowest BCUT2D eigenvalue weighted by Crippen LogP contribution is -2.36. The van der Waals surface area contributed by atoms with Crippen LogP contribution in [0.4, 0.5) is 18.9 Å². The summed E-state index contributed by atoms with van der Waals surface area (Å²) in [4.78, 5) is 36.7. The van der Waals surface area contributed by atoms with Crippen LogP contribution >= 0.6 is 11.6 Å². The van der Waals surface area contributed by atoms with Crippen molar-refractivity contribution in [3.05, 3.63) is 86.8 Å². The smallest absolute Gasteiger partial charge is 0.341 e. The van der Waals surface area contributed by atoms with E-state index in [2.05, 4.69) is 15.7 Å². The number of hydrogen-bond acceptors (Lipinski definition) is 4. The maximum Gasteiger partial charge on any atom is 0.416 e. The highest BCUT2D eigenvalue weighted by molar-refractivity contribution is 6.30. The predicted octanol–water partition coefficient (Wildman–Crippen LogP) is 3.58. The molecular weight excluding hydrogens is 449 g/mol. The zero-order valence-electron chi connectivity index (χ0n) is 16.5. The van der Waals surface area contributed by atoms with E-state index < -0.39 is 41.2 Å². The molecule has 0 aliphatic carbocycles. The van der Waals surface area contributed by atoms with Gasteiger partial charge in [-0.25, -0.2) is 4.68 Å². The highest BCUT2D eigenvalue weighted by atomic mass is 35.5. The first-order valence-electron chi connectivity index (χ1n) is 9.17. The lowest BCUT2D eigenvalue weighted by Gasteiger charge is -2.13. The van der Waals surface area contributed by atoms with Gasteiger partial charge < -0.3 is 10.6 Å². The van der Waals surface area contributed by atoms with Gasteiger partial charge in [0.25, 0.3) is 5.91 Å². The van der Waals surface area contributed by atoms with Gasteiger partial charge in [-0.3, -0.25) is 14.4 Å². The van der Waals surface area contributed by atoms with Gasteiger partial charge >= 0.3 is 6.18 Å². The molecule has 0 aliphatic rings. The molecule has 0 spiro atoms. The summed E-state index contributed by atoms with van der Waals surface area (Å²) in [5.41, 5.74) is -1.50. The maximum atomic E-state index is 13.0. The minimum Gasteiger partial charge on any atom is -0.341 e. The third-order valence-corrected chi connectivity index (χ3v) is 4.53. The molecule has 0 saturated heterocycles. The molecule has 2 aromatic carbocycles. The predicted molar refractivity (Wildman–Crippen MR) is 112 cm³/mol. The number of amides is 2. The minimum atomic E-state index is -4.57. The number of benzene rings is 2. The van der Waals surface area contributed by atoms with Crippen molar-refractivity contribution in [3.8, 4) is 5.69 Å². The Balaban J connectivity index is 1.78. The van der Waals surface area contributed by atoms with Crippen molar-refractivity contribution in [2.45, 2.75) is 13.1 Å². The largest absolute Gasteiger partial charge is 0.416 e. The molecule has 7 nitrogen and oxygen atoms in total. The Morgan fingerprint density at radius 3 is 2.44 bits per heavy atom. The average Bonchev–Trinajstić information content (AvgIpc) is 2.73. The van der Waals surface area contributed by atoms with Crippen molar-refractivity contribution >= 4 is 29.1 Å². The molecule has 0 fully saturated rings. The van der Waals surface area contributed by atoms with Crippen LogP contribution in [0.5, 0.6) is 0 Å². The summed E-state index contributed by atoms with van der Waals surface area (Å²) in [5, 5.41) is 9.21. The number of nitrogens with zero attached hydrogens (tertiary/aromatic N) is 2. The summed E-state index contributed by atoms with van der Waals surface area (Å²) in [7, 11) is 0. The molecule has 1 heterocycles. The number of rotatable bonds is 5.